The average Bonchev–Trinajstić information content (AvgIpc) is 2.39. The van der Waals surface area contributed by atoms with E-state index in [1.54, 1.807) is 0 Å². The number of benzene rings is 2. The van der Waals surface area contributed by atoms with E-state index in [0.29, 0.717) is 0 Å². The van der Waals surface area contributed by atoms with Crippen molar-refractivity contribution in [3.8, 4) is 11.8 Å². The Morgan fingerprint density at radius 3 is 2.12 bits per heavy atom. The van der Waals surface area contributed by atoms with Crippen LogP contribution in [0.2, 0.25) is 0 Å². The van der Waals surface area contributed by atoms with Gasteiger partial charge in [0.1, 0.15) is 0 Å². The third-order valence-electron chi connectivity index (χ3n) is 2.09. The molecule has 0 fully saturated rings. The molecule has 0 aliphatic rings. The summed E-state index contributed by atoms with van der Waals surface area (Å²) in [5, 5.41) is 0. The molecule has 84 valence electrons. The summed E-state index contributed by atoms with van der Waals surface area (Å²) < 4.78 is 13.6. The van der Waals surface area contributed by atoms with Crippen molar-refractivity contribution in [2.24, 2.45) is 0 Å². The predicted molar refractivity (Wildman–Crippen MR) is 70.5 cm³/mol. The first-order valence-corrected chi connectivity index (χ1v) is 6.15. The van der Waals surface area contributed by atoms with Crippen LogP contribution in [-0.4, -0.2) is 5.50 Å². The molecule has 0 aromatic heterocycles. The van der Waals surface area contributed by atoms with Gasteiger partial charge in [0.15, 0.2) is 0 Å². The van der Waals surface area contributed by atoms with Crippen LogP contribution in [0.1, 0.15) is 5.56 Å². The van der Waals surface area contributed by atoms with Gasteiger partial charge in [-0.25, -0.2) is 4.39 Å². The van der Waals surface area contributed by atoms with Crippen LogP contribution in [0.25, 0.3) is 0 Å². The van der Waals surface area contributed by atoms with Crippen molar-refractivity contribution in [1.82, 2.24) is 0 Å². The molecule has 0 aliphatic heterocycles. The zero-order chi connectivity index (χ0) is 11.9. The molecule has 0 N–H and O–H groups in total. The van der Waals surface area contributed by atoms with Gasteiger partial charge in [0.2, 0.25) is 5.50 Å². The first-order valence-electron chi connectivity index (χ1n) is 5.27. The smallest absolute Gasteiger partial charge is 0.211 e. The molecule has 2 heteroatoms. The molecule has 0 saturated heterocycles. The molecule has 17 heavy (non-hydrogen) atoms. The normalized spacial score (nSPS) is 11.4. The maximum absolute atomic E-state index is 13.6. The fraction of sp³-hybridized carbons (Fsp3) is 0.0667. The van der Waals surface area contributed by atoms with Crippen LogP contribution >= 0.6 is 11.8 Å². The Morgan fingerprint density at radius 1 is 0.882 bits per heavy atom. The molecular formula is C15H11FS. The summed E-state index contributed by atoms with van der Waals surface area (Å²) in [5.74, 6) is 5.41. The van der Waals surface area contributed by atoms with Gasteiger partial charge >= 0.3 is 0 Å². The lowest BCUT2D eigenvalue weighted by molar-refractivity contribution is 0.532. The first-order chi connectivity index (χ1) is 8.34. The molecule has 2 aromatic carbocycles. The van der Waals surface area contributed by atoms with Gasteiger partial charge in [-0.1, -0.05) is 54.1 Å². The summed E-state index contributed by atoms with van der Waals surface area (Å²) in [5.41, 5.74) is -0.360. The lowest BCUT2D eigenvalue weighted by atomic mass is 10.2. The molecule has 0 nitrogen and oxygen atoms in total. The van der Waals surface area contributed by atoms with Gasteiger partial charge in [0, 0.05) is 10.5 Å². The SMILES string of the molecule is FC(C#Cc1ccccc1)Sc1ccccc1. The van der Waals surface area contributed by atoms with Gasteiger partial charge in [-0.15, -0.1) is 0 Å². The van der Waals surface area contributed by atoms with Crippen molar-refractivity contribution >= 4 is 11.8 Å². The number of alkyl halides is 1. The van der Waals surface area contributed by atoms with E-state index in [0.717, 1.165) is 22.2 Å². The second kappa shape index (κ2) is 6.12. The summed E-state index contributed by atoms with van der Waals surface area (Å²) in [7, 11) is 0. The molecule has 0 spiro atoms. The number of halogens is 1. The van der Waals surface area contributed by atoms with Crippen LogP contribution < -0.4 is 0 Å². The maximum atomic E-state index is 13.6. The molecule has 2 aromatic rings. The Bertz CT molecular complexity index is 511. The monoisotopic (exact) mass is 242 g/mol. The van der Waals surface area contributed by atoms with E-state index in [1.807, 2.05) is 60.7 Å². The molecular weight excluding hydrogens is 231 g/mol. The van der Waals surface area contributed by atoms with Crippen LogP contribution in [0.15, 0.2) is 65.6 Å². The standard InChI is InChI=1S/C15H11FS/c16-15(17-14-9-5-2-6-10-14)12-11-13-7-3-1-4-8-13/h1-10,15H. The van der Waals surface area contributed by atoms with Crippen LogP contribution in [0, 0.1) is 11.8 Å². The molecule has 0 saturated carbocycles. The maximum Gasteiger partial charge on any atom is 0.211 e. The molecule has 1 unspecified atom stereocenters. The third-order valence-corrected chi connectivity index (χ3v) is 2.96. The van der Waals surface area contributed by atoms with Crippen molar-refractivity contribution in [3.63, 3.8) is 0 Å². The van der Waals surface area contributed by atoms with E-state index in [4.69, 9.17) is 0 Å². The topological polar surface area (TPSA) is 0 Å². The minimum absolute atomic E-state index is 0.837. The van der Waals surface area contributed by atoms with E-state index in [9.17, 15) is 4.39 Å². The predicted octanol–water partition coefficient (Wildman–Crippen LogP) is 4.13. The highest BCUT2D eigenvalue weighted by Gasteiger charge is 2.03. The van der Waals surface area contributed by atoms with Gasteiger partial charge in [0.05, 0.1) is 0 Å². The van der Waals surface area contributed by atoms with Crippen molar-refractivity contribution in [2.45, 2.75) is 10.4 Å². The van der Waals surface area contributed by atoms with Crippen molar-refractivity contribution < 1.29 is 4.39 Å². The summed E-state index contributed by atoms with van der Waals surface area (Å²) in [6, 6.07) is 18.9. The minimum Gasteiger partial charge on any atom is -0.221 e. The summed E-state index contributed by atoms with van der Waals surface area (Å²) in [6.45, 7) is 0. The highest BCUT2D eigenvalue weighted by Crippen LogP contribution is 2.23. The van der Waals surface area contributed by atoms with E-state index < -0.39 is 5.50 Å². The lowest BCUT2D eigenvalue weighted by Gasteiger charge is -1.99. The number of hydrogen-bond acceptors (Lipinski definition) is 1. The highest BCUT2D eigenvalue weighted by atomic mass is 32.2. The van der Waals surface area contributed by atoms with Crippen LogP contribution in [-0.2, 0) is 0 Å². The zero-order valence-corrected chi connectivity index (χ0v) is 9.95. The van der Waals surface area contributed by atoms with Gasteiger partial charge in [0.25, 0.3) is 0 Å². The molecule has 0 amide bonds. The quantitative estimate of drug-likeness (QED) is 0.563. The van der Waals surface area contributed by atoms with E-state index in [2.05, 4.69) is 11.8 Å². The van der Waals surface area contributed by atoms with Gasteiger partial charge < -0.3 is 0 Å². The third kappa shape index (κ3) is 3.97. The van der Waals surface area contributed by atoms with Gasteiger partial charge in [-0.3, -0.25) is 0 Å². The van der Waals surface area contributed by atoms with E-state index in [-0.39, 0.29) is 0 Å². The van der Waals surface area contributed by atoms with Gasteiger partial charge in [-0.2, -0.15) is 0 Å². The van der Waals surface area contributed by atoms with Crippen molar-refractivity contribution in [3.05, 3.63) is 66.2 Å². The second-order valence-electron chi connectivity index (χ2n) is 3.38. The Kier molecular flexibility index (Phi) is 4.23. The second-order valence-corrected chi connectivity index (χ2v) is 4.50. The van der Waals surface area contributed by atoms with Gasteiger partial charge in [-0.05, 0) is 30.2 Å². The lowest BCUT2D eigenvalue weighted by Crippen LogP contribution is -1.88. The molecule has 0 heterocycles. The van der Waals surface area contributed by atoms with E-state index in [1.165, 1.54) is 0 Å². The highest BCUT2D eigenvalue weighted by molar-refractivity contribution is 8.00. The first kappa shape index (κ1) is 11.8. The summed E-state index contributed by atoms with van der Waals surface area (Å²) in [6.07, 6.45) is 0. The van der Waals surface area contributed by atoms with Crippen molar-refractivity contribution in [2.75, 3.05) is 0 Å². The number of thioether (sulfide) groups is 1. The van der Waals surface area contributed by atoms with Crippen LogP contribution in [0.5, 0.6) is 0 Å². The Balaban J connectivity index is 1.99. The summed E-state index contributed by atoms with van der Waals surface area (Å²) in [4.78, 5) is 0.891. The average molecular weight is 242 g/mol. The molecule has 2 rings (SSSR count). The van der Waals surface area contributed by atoms with Crippen molar-refractivity contribution in [1.29, 1.82) is 0 Å². The van der Waals surface area contributed by atoms with E-state index >= 15 is 0 Å². The summed E-state index contributed by atoms with van der Waals surface area (Å²) >= 11 is 1.12. The molecule has 0 radical (unpaired) electrons. The van der Waals surface area contributed by atoms with Crippen LogP contribution in [0.4, 0.5) is 4.39 Å². The Labute approximate surface area is 105 Å². The fourth-order valence-electron chi connectivity index (χ4n) is 1.31. The Morgan fingerprint density at radius 2 is 1.47 bits per heavy atom. The molecule has 1 atom stereocenters. The number of hydrogen-bond donors (Lipinski definition) is 0. The Hall–Kier alpha value is -1.72. The zero-order valence-electron chi connectivity index (χ0n) is 9.14. The fourth-order valence-corrected chi connectivity index (χ4v) is 1.98. The largest absolute Gasteiger partial charge is 0.221 e. The van der Waals surface area contributed by atoms with Crippen LogP contribution in [0.3, 0.4) is 0 Å². The minimum atomic E-state index is -1.20. The molecule has 0 aliphatic carbocycles. The molecule has 0 bridgehead atoms. The number of rotatable bonds is 2.